The van der Waals surface area contributed by atoms with E-state index in [0.717, 1.165) is 0 Å². The number of alkyl halides is 2. The third-order valence-electron chi connectivity index (χ3n) is 2.25. The fourth-order valence-electron chi connectivity index (χ4n) is 1.62. The van der Waals surface area contributed by atoms with Gasteiger partial charge in [-0.2, -0.15) is 0 Å². The SMILES string of the molecule is Cl.O=C(O)C1CCCN(CC(F)F)C1. The third kappa shape index (κ3) is 4.19. The van der Waals surface area contributed by atoms with E-state index in [1.165, 1.54) is 4.90 Å². The van der Waals surface area contributed by atoms with Gasteiger partial charge in [0, 0.05) is 6.54 Å². The molecule has 14 heavy (non-hydrogen) atoms. The lowest BCUT2D eigenvalue weighted by molar-refractivity contribution is -0.143. The number of hydrogen-bond donors (Lipinski definition) is 1. The maximum Gasteiger partial charge on any atom is 0.307 e. The molecule has 1 heterocycles. The predicted octanol–water partition coefficient (Wildman–Crippen LogP) is 1.47. The Morgan fingerprint density at radius 3 is 2.71 bits per heavy atom. The van der Waals surface area contributed by atoms with Crippen LogP contribution in [0.4, 0.5) is 8.78 Å². The van der Waals surface area contributed by atoms with Crippen molar-refractivity contribution in [2.24, 2.45) is 5.92 Å². The molecule has 0 spiro atoms. The van der Waals surface area contributed by atoms with E-state index >= 15 is 0 Å². The minimum absolute atomic E-state index is 0. The first kappa shape index (κ1) is 13.6. The van der Waals surface area contributed by atoms with E-state index in [2.05, 4.69) is 0 Å². The van der Waals surface area contributed by atoms with Gasteiger partial charge in [-0.15, -0.1) is 12.4 Å². The molecule has 84 valence electrons. The molecule has 1 aliphatic rings. The fourth-order valence-corrected chi connectivity index (χ4v) is 1.62. The molecule has 0 aromatic rings. The van der Waals surface area contributed by atoms with E-state index in [-0.39, 0.29) is 25.5 Å². The van der Waals surface area contributed by atoms with Gasteiger partial charge in [0.2, 0.25) is 0 Å². The van der Waals surface area contributed by atoms with Crippen molar-refractivity contribution in [2.75, 3.05) is 19.6 Å². The molecule has 0 aromatic carbocycles. The molecule has 1 aliphatic heterocycles. The molecule has 1 rings (SSSR count). The van der Waals surface area contributed by atoms with Crippen molar-refractivity contribution < 1.29 is 18.7 Å². The van der Waals surface area contributed by atoms with Crippen LogP contribution in [-0.4, -0.2) is 42.0 Å². The first-order valence-corrected chi connectivity index (χ1v) is 4.33. The zero-order chi connectivity index (χ0) is 9.84. The molecule has 0 aliphatic carbocycles. The molecule has 1 N–H and O–H groups in total. The van der Waals surface area contributed by atoms with E-state index in [9.17, 15) is 13.6 Å². The highest BCUT2D eigenvalue weighted by Gasteiger charge is 2.26. The van der Waals surface area contributed by atoms with Crippen LogP contribution in [0.3, 0.4) is 0 Å². The average molecular weight is 230 g/mol. The zero-order valence-corrected chi connectivity index (χ0v) is 8.47. The second-order valence-corrected chi connectivity index (χ2v) is 3.33. The largest absolute Gasteiger partial charge is 0.481 e. The highest BCUT2D eigenvalue weighted by molar-refractivity contribution is 5.85. The monoisotopic (exact) mass is 229 g/mol. The number of piperidine rings is 1. The number of hydrogen-bond acceptors (Lipinski definition) is 2. The van der Waals surface area contributed by atoms with Gasteiger partial charge in [0.15, 0.2) is 0 Å². The minimum atomic E-state index is -2.37. The second kappa shape index (κ2) is 6.14. The molecule has 0 bridgehead atoms. The van der Waals surface area contributed by atoms with Crippen LogP contribution in [-0.2, 0) is 4.79 Å². The summed E-state index contributed by atoms with van der Waals surface area (Å²) in [5, 5.41) is 8.68. The minimum Gasteiger partial charge on any atom is -0.481 e. The van der Waals surface area contributed by atoms with Crippen molar-refractivity contribution in [3.8, 4) is 0 Å². The summed E-state index contributed by atoms with van der Waals surface area (Å²) < 4.78 is 23.9. The fraction of sp³-hybridized carbons (Fsp3) is 0.875. The van der Waals surface area contributed by atoms with E-state index in [0.29, 0.717) is 19.4 Å². The van der Waals surface area contributed by atoms with Gasteiger partial charge in [-0.25, -0.2) is 8.78 Å². The van der Waals surface area contributed by atoms with Gasteiger partial charge in [-0.1, -0.05) is 0 Å². The van der Waals surface area contributed by atoms with Gasteiger partial charge in [-0.05, 0) is 19.4 Å². The number of rotatable bonds is 3. The lowest BCUT2D eigenvalue weighted by atomic mass is 9.98. The Morgan fingerprint density at radius 1 is 1.57 bits per heavy atom. The quantitative estimate of drug-likeness (QED) is 0.797. The number of halogens is 3. The number of carbonyl (C=O) groups is 1. The van der Waals surface area contributed by atoms with Gasteiger partial charge in [0.05, 0.1) is 12.5 Å². The van der Waals surface area contributed by atoms with Gasteiger partial charge in [0.1, 0.15) is 0 Å². The second-order valence-electron chi connectivity index (χ2n) is 3.33. The molecule has 1 saturated heterocycles. The van der Waals surface area contributed by atoms with Crippen molar-refractivity contribution in [3.05, 3.63) is 0 Å². The Bertz CT molecular complexity index is 192. The number of nitrogens with zero attached hydrogens (tertiary/aromatic N) is 1. The van der Waals surface area contributed by atoms with Crippen LogP contribution in [0.2, 0.25) is 0 Å². The van der Waals surface area contributed by atoms with E-state index in [1.807, 2.05) is 0 Å². The molecular weight excluding hydrogens is 216 g/mol. The highest BCUT2D eigenvalue weighted by Crippen LogP contribution is 2.17. The topological polar surface area (TPSA) is 40.5 Å². The van der Waals surface area contributed by atoms with Gasteiger partial charge >= 0.3 is 5.97 Å². The maximum absolute atomic E-state index is 12.0. The molecule has 1 atom stereocenters. The van der Waals surface area contributed by atoms with Crippen LogP contribution >= 0.6 is 12.4 Å². The molecule has 6 heteroatoms. The molecular formula is C8H14ClF2NO2. The molecule has 1 fully saturated rings. The summed E-state index contributed by atoms with van der Waals surface area (Å²) in [7, 11) is 0. The summed E-state index contributed by atoms with van der Waals surface area (Å²) in [6.07, 6.45) is -1.06. The predicted molar refractivity (Wildman–Crippen MR) is 50.1 cm³/mol. The number of carboxylic acid groups (broad SMARTS) is 1. The smallest absolute Gasteiger partial charge is 0.307 e. The van der Waals surface area contributed by atoms with Crippen LogP contribution in [0.1, 0.15) is 12.8 Å². The molecule has 0 amide bonds. The molecule has 0 radical (unpaired) electrons. The van der Waals surface area contributed by atoms with Crippen molar-refractivity contribution in [1.29, 1.82) is 0 Å². The standard InChI is InChI=1S/C8H13F2NO2.ClH/c9-7(10)5-11-3-1-2-6(4-11)8(12)13;/h6-7H,1-5H2,(H,12,13);1H. The maximum atomic E-state index is 12.0. The van der Waals surface area contributed by atoms with E-state index < -0.39 is 18.3 Å². The number of carboxylic acids is 1. The summed E-state index contributed by atoms with van der Waals surface area (Å²) in [4.78, 5) is 12.1. The van der Waals surface area contributed by atoms with Crippen LogP contribution in [0, 0.1) is 5.92 Å². The van der Waals surface area contributed by atoms with Crippen molar-refractivity contribution in [3.63, 3.8) is 0 Å². The lowest BCUT2D eigenvalue weighted by Gasteiger charge is -2.30. The first-order chi connectivity index (χ1) is 6.09. The summed E-state index contributed by atoms with van der Waals surface area (Å²) in [5.41, 5.74) is 0. The Kier molecular flexibility index (Phi) is 5.95. The van der Waals surface area contributed by atoms with Gasteiger partial charge in [-0.3, -0.25) is 9.69 Å². The van der Waals surface area contributed by atoms with E-state index in [4.69, 9.17) is 5.11 Å². The summed E-state index contributed by atoms with van der Waals surface area (Å²) >= 11 is 0. The Hall–Kier alpha value is -0.420. The molecule has 0 aromatic heterocycles. The highest BCUT2D eigenvalue weighted by atomic mass is 35.5. The Morgan fingerprint density at radius 2 is 2.21 bits per heavy atom. The number of aliphatic carboxylic acids is 1. The Labute approximate surface area is 87.5 Å². The summed E-state index contributed by atoms with van der Waals surface area (Å²) in [5.74, 6) is -1.34. The van der Waals surface area contributed by atoms with Crippen molar-refractivity contribution in [2.45, 2.75) is 19.3 Å². The average Bonchev–Trinajstić information content (AvgIpc) is 2.03. The third-order valence-corrected chi connectivity index (χ3v) is 2.25. The lowest BCUT2D eigenvalue weighted by Crippen LogP contribution is -2.40. The van der Waals surface area contributed by atoms with Crippen LogP contribution in [0.25, 0.3) is 0 Å². The van der Waals surface area contributed by atoms with E-state index in [1.54, 1.807) is 0 Å². The van der Waals surface area contributed by atoms with Crippen LogP contribution in [0.5, 0.6) is 0 Å². The Balaban J connectivity index is 0.00000169. The molecule has 3 nitrogen and oxygen atoms in total. The zero-order valence-electron chi connectivity index (χ0n) is 7.66. The van der Waals surface area contributed by atoms with Crippen LogP contribution in [0.15, 0.2) is 0 Å². The summed E-state index contributed by atoms with van der Waals surface area (Å²) in [6, 6.07) is 0. The molecule has 0 saturated carbocycles. The number of likely N-dealkylation sites (tertiary alicyclic amines) is 1. The van der Waals surface area contributed by atoms with Gasteiger partial charge in [0.25, 0.3) is 6.43 Å². The van der Waals surface area contributed by atoms with Crippen LogP contribution < -0.4 is 0 Å². The normalized spacial score (nSPS) is 23.2. The summed E-state index contributed by atoms with van der Waals surface area (Å²) in [6.45, 7) is 0.553. The first-order valence-electron chi connectivity index (χ1n) is 4.33. The van der Waals surface area contributed by atoms with Crippen molar-refractivity contribution in [1.82, 2.24) is 4.90 Å². The van der Waals surface area contributed by atoms with Crippen molar-refractivity contribution >= 4 is 18.4 Å². The van der Waals surface area contributed by atoms with Gasteiger partial charge < -0.3 is 5.11 Å². The molecule has 1 unspecified atom stereocenters.